The molecule has 0 amide bonds. The van der Waals surface area contributed by atoms with Gasteiger partial charge in [0, 0.05) is 44.5 Å². The van der Waals surface area contributed by atoms with Gasteiger partial charge in [-0.3, -0.25) is 9.58 Å². The van der Waals surface area contributed by atoms with Crippen LogP contribution in [0.2, 0.25) is 5.02 Å². The van der Waals surface area contributed by atoms with Crippen molar-refractivity contribution < 1.29 is 0 Å². The summed E-state index contributed by atoms with van der Waals surface area (Å²) in [4.78, 5) is 4.66. The van der Waals surface area contributed by atoms with Gasteiger partial charge in [-0.05, 0) is 25.0 Å². The van der Waals surface area contributed by atoms with Crippen molar-refractivity contribution in [3.8, 4) is 11.8 Å². The number of halogens is 1. The molecule has 0 unspecified atom stereocenters. The summed E-state index contributed by atoms with van der Waals surface area (Å²) in [6, 6.07) is 6.93. The van der Waals surface area contributed by atoms with Gasteiger partial charge in [0.05, 0.1) is 46.9 Å². The number of hydrogen-bond acceptors (Lipinski definition) is 5. The maximum absolute atomic E-state index is 8.78. The van der Waals surface area contributed by atoms with Crippen LogP contribution in [0.3, 0.4) is 0 Å². The Bertz CT molecular complexity index is 1030. The third-order valence-electron chi connectivity index (χ3n) is 5.64. The van der Waals surface area contributed by atoms with Crippen LogP contribution < -0.4 is 4.90 Å². The molecule has 8 heteroatoms. The van der Waals surface area contributed by atoms with Gasteiger partial charge in [-0.2, -0.15) is 15.5 Å². The lowest BCUT2D eigenvalue weighted by atomic mass is 10.2. The molecule has 3 aromatic rings. The maximum atomic E-state index is 8.78. The first-order valence-corrected chi connectivity index (χ1v) is 10.2. The Hall–Kier alpha value is -2.56. The fraction of sp³-hybridized carbons (Fsp3) is 0.450. The Labute approximate surface area is 168 Å². The van der Waals surface area contributed by atoms with Gasteiger partial charge in [0.25, 0.3) is 0 Å². The lowest BCUT2D eigenvalue weighted by Gasteiger charge is -2.36. The number of aromatic nitrogens is 4. The van der Waals surface area contributed by atoms with Crippen LogP contribution in [0.25, 0.3) is 16.6 Å². The van der Waals surface area contributed by atoms with Crippen molar-refractivity contribution in [2.75, 3.05) is 37.6 Å². The molecule has 2 aromatic heterocycles. The van der Waals surface area contributed by atoms with E-state index in [1.807, 2.05) is 27.8 Å². The summed E-state index contributed by atoms with van der Waals surface area (Å²) in [5.41, 5.74) is 3.07. The maximum Gasteiger partial charge on any atom is 0.103 e. The molecule has 1 aliphatic carbocycles. The van der Waals surface area contributed by atoms with E-state index < -0.39 is 0 Å². The highest BCUT2D eigenvalue weighted by molar-refractivity contribution is 6.34. The fourth-order valence-corrected chi connectivity index (χ4v) is 4.17. The van der Waals surface area contributed by atoms with Crippen molar-refractivity contribution in [1.29, 1.82) is 5.26 Å². The second-order valence-electron chi connectivity index (χ2n) is 7.57. The third-order valence-corrected chi connectivity index (χ3v) is 5.95. The van der Waals surface area contributed by atoms with Crippen LogP contribution in [0, 0.1) is 11.3 Å². The fourth-order valence-electron chi connectivity index (χ4n) is 3.88. The molecule has 0 bridgehead atoms. The van der Waals surface area contributed by atoms with Gasteiger partial charge in [-0.1, -0.05) is 11.6 Å². The SMILES string of the molecule is N#CCCN1CCN(c2cc3c(cnn3-c3cnn(C4CC4)c3)cc2Cl)CC1. The summed E-state index contributed by atoms with van der Waals surface area (Å²) in [5.74, 6) is 0. The molecule has 3 heterocycles. The topological polar surface area (TPSA) is 65.9 Å². The molecule has 144 valence electrons. The predicted octanol–water partition coefficient (Wildman–Crippen LogP) is 3.25. The smallest absolute Gasteiger partial charge is 0.103 e. The second-order valence-corrected chi connectivity index (χ2v) is 7.97. The molecule has 0 spiro atoms. The van der Waals surface area contributed by atoms with Crippen LogP contribution in [0.4, 0.5) is 5.69 Å². The molecule has 0 radical (unpaired) electrons. The quantitative estimate of drug-likeness (QED) is 0.663. The molecule has 2 fully saturated rings. The zero-order chi connectivity index (χ0) is 19.1. The van der Waals surface area contributed by atoms with Crippen molar-refractivity contribution >= 4 is 28.2 Å². The molecule has 0 N–H and O–H groups in total. The number of benzene rings is 1. The molecule has 1 aliphatic heterocycles. The first-order chi connectivity index (χ1) is 13.7. The van der Waals surface area contributed by atoms with E-state index in [0.29, 0.717) is 12.5 Å². The van der Waals surface area contributed by atoms with Crippen LogP contribution in [0.5, 0.6) is 0 Å². The van der Waals surface area contributed by atoms with Crippen molar-refractivity contribution in [3.05, 3.63) is 35.7 Å². The third kappa shape index (κ3) is 3.23. The summed E-state index contributed by atoms with van der Waals surface area (Å²) >= 11 is 6.61. The molecule has 5 rings (SSSR count). The monoisotopic (exact) mass is 395 g/mol. The predicted molar refractivity (Wildman–Crippen MR) is 109 cm³/mol. The van der Waals surface area contributed by atoms with E-state index in [1.165, 1.54) is 12.8 Å². The first-order valence-electron chi connectivity index (χ1n) is 9.79. The van der Waals surface area contributed by atoms with Gasteiger partial charge in [0.2, 0.25) is 0 Å². The average molecular weight is 396 g/mol. The van der Waals surface area contributed by atoms with Crippen molar-refractivity contribution in [3.63, 3.8) is 0 Å². The average Bonchev–Trinajstić information content (AvgIpc) is 3.31. The Balaban J connectivity index is 1.42. The van der Waals surface area contributed by atoms with Gasteiger partial charge >= 0.3 is 0 Å². The number of nitriles is 1. The Kier molecular flexibility index (Phi) is 4.46. The molecular formula is C20H22ClN7. The number of anilines is 1. The number of rotatable bonds is 5. The Morgan fingerprint density at radius 3 is 2.68 bits per heavy atom. The molecule has 7 nitrogen and oxygen atoms in total. The van der Waals surface area contributed by atoms with Crippen molar-refractivity contribution in [2.45, 2.75) is 25.3 Å². The first kappa shape index (κ1) is 17.5. The zero-order valence-electron chi connectivity index (χ0n) is 15.6. The molecule has 0 atom stereocenters. The number of hydrogen-bond donors (Lipinski definition) is 0. The molecule has 28 heavy (non-hydrogen) atoms. The number of piperazine rings is 1. The normalized spacial score (nSPS) is 17.9. The van der Waals surface area contributed by atoms with Crippen molar-refractivity contribution in [1.82, 2.24) is 24.5 Å². The van der Waals surface area contributed by atoms with Gasteiger partial charge in [0.1, 0.15) is 5.69 Å². The van der Waals surface area contributed by atoms with E-state index in [2.05, 4.69) is 38.3 Å². The lowest BCUT2D eigenvalue weighted by molar-refractivity contribution is 0.263. The minimum atomic E-state index is 0.554. The minimum Gasteiger partial charge on any atom is -0.368 e. The summed E-state index contributed by atoms with van der Waals surface area (Å²) in [6.07, 6.45) is 8.82. The summed E-state index contributed by atoms with van der Waals surface area (Å²) in [6.45, 7) is 4.55. The number of nitrogens with zero attached hydrogens (tertiary/aromatic N) is 7. The van der Waals surface area contributed by atoms with Crippen LogP contribution in [-0.2, 0) is 0 Å². The van der Waals surface area contributed by atoms with Gasteiger partial charge in [0.15, 0.2) is 0 Å². The summed E-state index contributed by atoms with van der Waals surface area (Å²) in [5, 5.41) is 19.6. The Morgan fingerprint density at radius 2 is 1.93 bits per heavy atom. The molecular weight excluding hydrogens is 374 g/mol. The Morgan fingerprint density at radius 1 is 1.11 bits per heavy atom. The van der Waals surface area contributed by atoms with Crippen LogP contribution >= 0.6 is 11.6 Å². The van der Waals surface area contributed by atoms with E-state index in [0.717, 1.165) is 60.0 Å². The zero-order valence-corrected chi connectivity index (χ0v) is 16.4. The molecule has 1 saturated heterocycles. The summed E-state index contributed by atoms with van der Waals surface area (Å²) in [7, 11) is 0. The van der Waals surface area contributed by atoms with Crippen LogP contribution in [0.1, 0.15) is 25.3 Å². The molecule has 1 saturated carbocycles. The van der Waals surface area contributed by atoms with E-state index in [4.69, 9.17) is 16.9 Å². The minimum absolute atomic E-state index is 0.554. The van der Waals surface area contributed by atoms with E-state index in [1.54, 1.807) is 0 Å². The van der Waals surface area contributed by atoms with Crippen LogP contribution in [0.15, 0.2) is 30.7 Å². The van der Waals surface area contributed by atoms with Gasteiger partial charge in [-0.25, -0.2) is 4.68 Å². The molecule has 2 aliphatic rings. The number of fused-ring (bicyclic) bond motifs is 1. The van der Waals surface area contributed by atoms with Crippen molar-refractivity contribution in [2.24, 2.45) is 0 Å². The highest BCUT2D eigenvalue weighted by Crippen LogP contribution is 2.35. The van der Waals surface area contributed by atoms with Crippen LogP contribution in [-0.4, -0.2) is 57.2 Å². The second kappa shape index (κ2) is 7.12. The molecule has 1 aromatic carbocycles. The van der Waals surface area contributed by atoms with Gasteiger partial charge < -0.3 is 4.90 Å². The summed E-state index contributed by atoms with van der Waals surface area (Å²) < 4.78 is 3.99. The van der Waals surface area contributed by atoms with E-state index in [9.17, 15) is 0 Å². The highest BCUT2D eigenvalue weighted by Gasteiger charge is 2.25. The standard InChI is InChI=1S/C20H22ClN7/c21-18-10-15-12-24-28(17-13-23-27(14-17)16-2-3-16)19(15)11-20(18)26-8-6-25(7-9-26)5-1-4-22/h10-14,16H,1-3,5-9H2. The van der Waals surface area contributed by atoms with E-state index in [-0.39, 0.29) is 0 Å². The van der Waals surface area contributed by atoms with Gasteiger partial charge in [-0.15, -0.1) is 0 Å². The lowest BCUT2D eigenvalue weighted by Crippen LogP contribution is -2.46. The van der Waals surface area contributed by atoms with E-state index >= 15 is 0 Å². The largest absolute Gasteiger partial charge is 0.368 e. The highest BCUT2D eigenvalue weighted by atomic mass is 35.5.